The van der Waals surface area contributed by atoms with Crippen LogP contribution in [-0.4, -0.2) is 38.7 Å². The van der Waals surface area contributed by atoms with Gasteiger partial charge in [0.2, 0.25) is 5.91 Å². The maximum absolute atomic E-state index is 11.5. The molecule has 0 saturated carbocycles. The number of aliphatic carboxylic acids is 1. The number of rotatable bonds is 8. The molecule has 0 aromatic heterocycles. The molecular formula is C10H19NO4S. The number of carboxylic acid groups (broad SMARTS) is 1. The Bertz CT molecular complexity index is 268. The lowest BCUT2D eigenvalue weighted by Gasteiger charge is -2.11. The monoisotopic (exact) mass is 249 g/mol. The van der Waals surface area contributed by atoms with Crippen LogP contribution in [-0.2, 0) is 20.4 Å². The van der Waals surface area contributed by atoms with E-state index in [9.17, 15) is 13.8 Å². The predicted octanol–water partition coefficient (Wildman–Crippen LogP) is 0.515. The van der Waals surface area contributed by atoms with E-state index in [2.05, 4.69) is 5.32 Å². The zero-order chi connectivity index (χ0) is 12.6. The van der Waals surface area contributed by atoms with Crippen LogP contribution in [0, 0.1) is 0 Å². The first-order valence-electron chi connectivity index (χ1n) is 5.35. The van der Waals surface area contributed by atoms with Gasteiger partial charge in [-0.2, -0.15) is 0 Å². The minimum atomic E-state index is -1.41. The van der Waals surface area contributed by atoms with Gasteiger partial charge in [0.05, 0.1) is 6.42 Å². The Hall–Kier alpha value is -0.910. The van der Waals surface area contributed by atoms with E-state index in [0.29, 0.717) is 6.54 Å². The Morgan fingerprint density at radius 1 is 1.44 bits per heavy atom. The van der Waals surface area contributed by atoms with Crippen LogP contribution >= 0.6 is 0 Å². The molecule has 0 radical (unpaired) electrons. The van der Waals surface area contributed by atoms with Crippen LogP contribution in [0.2, 0.25) is 0 Å². The summed E-state index contributed by atoms with van der Waals surface area (Å²) in [5.41, 5.74) is 0. The third kappa shape index (κ3) is 6.55. The van der Waals surface area contributed by atoms with Crippen LogP contribution in [0.25, 0.3) is 0 Å². The third-order valence-corrected chi connectivity index (χ3v) is 3.72. The summed E-state index contributed by atoms with van der Waals surface area (Å²) in [7, 11) is -1.41. The predicted molar refractivity (Wildman–Crippen MR) is 62.6 cm³/mol. The standard InChI is InChI=1S/C10H19NO4S/c1-3-4-6-11-10(14)8(2)16(15)7-5-9(12)13/h8H,3-7H2,1-2H3,(H,11,14)(H,12,13). The molecule has 6 heteroatoms. The summed E-state index contributed by atoms with van der Waals surface area (Å²) in [5, 5.41) is 10.5. The van der Waals surface area contributed by atoms with Crippen LogP contribution in [0.1, 0.15) is 33.1 Å². The largest absolute Gasteiger partial charge is 0.481 e. The Morgan fingerprint density at radius 2 is 2.06 bits per heavy atom. The van der Waals surface area contributed by atoms with E-state index in [0.717, 1.165) is 12.8 Å². The molecule has 2 N–H and O–H groups in total. The molecule has 0 spiro atoms. The number of amides is 1. The molecule has 2 unspecified atom stereocenters. The maximum Gasteiger partial charge on any atom is 0.304 e. The van der Waals surface area contributed by atoms with Crippen molar-refractivity contribution >= 4 is 22.7 Å². The highest BCUT2D eigenvalue weighted by Gasteiger charge is 2.19. The molecule has 0 aliphatic rings. The van der Waals surface area contributed by atoms with Gasteiger partial charge in [-0.3, -0.25) is 13.8 Å². The van der Waals surface area contributed by atoms with Gasteiger partial charge in [-0.15, -0.1) is 0 Å². The van der Waals surface area contributed by atoms with E-state index in [-0.39, 0.29) is 18.1 Å². The number of carboxylic acids is 1. The van der Waals surface area contributed by atoms with Crippen LogP contribution in [0.3, 0.4) is 0 Å². The molecule has 0 aliphatic heterocycles. The third-order valence-electron chi connectivity index (χ3n) is 2.11. The molecule has 0 heterocycles. The van der Waals surface area contributed by atoms with E-state index >= 15 is 0 Å². The fourth-order valence-electron chi connectivity index (χ4n) is 1.02. The van der Waals surface area contributed by atoms with Crippen molar-refractivity contribution < 1.29 is 18.9 Å². The second-order valence-corrected chi connectivity index (χ2v) is 5.39. The first-order chi connectivity index (χ1) is 7.49. The molecular weight excluding hydrogens is 230 g/mol. The molecule has 0 fully saturated rings. The fraction of sp³-hybridized carbons (Fsp3) is 0.800. The van der Waals surface area contributed by atoms with Crippen LogP contribution in [0.5, 0.6) is 0 Å². The minimum Gasteiger partial charge on any atom is -0.481 e. The molecule has 94 valence electrons. The highest BCUT2D eigenvalue weighted by atomic mass is 32.2. The van der Waals surface area contributed by atoms with E-state index in [4.69, 9.17) is 5.11 Å². The Morgan fingerprint density at radius 3 is 2.56 bits per heavy atom. The lowest BCUT2D eigenvalue weighted by molar-refractivity contribution is -0.136. The lowest BCUT2D eigenvalue weighted by Crippen LogP contribution is -2.36. The quantitative estimate of drug-likeness (QED) is 0.614. The second kappa shape index (κ2) is 8.27. The minimum absolute atomic E-state index is 0.0255. The van der Waals surface area contributed by atoms with E-state index < -0.39 is 22.0 Å². The number of unbranched alkanes of at least 4 members (excludes halogenated alkanes) is 1. The number of hydrogen-bond donors (Lipinski definition) is 2. The fourth-order valence-corrected chi connectivity index (χ4v) is 2.07. The highest BCUT2D eigenvalue weighted by Crippen LogP contribution is 1.99. The Kier molecular flexibility index (Phi) is 7.80. The smallest absolute Gasteiger partial charge is 0.304 e. The average Bonchev–Trinajstić information content (AvgIpc) is 2.24. The van der Waals surface area contributed by atoms with E-state index in [1.165, 1.54) is 0 Å². The van der Waals surface area contributed by atoms with Crippen LogP contribution < -0.4 is 5.32 Å². The maximum atomic E-state index is 11.5. The van der Waals surface area contributed by atoms with Crippen molar-refractivity contribution in [3.8, 4) is 0 Å². The Labute approximate surface area is 98.1 Å². The van der Waals surface area contributed by atoms with Crippen LogP contribution in [0.4, 0.5) is 0 Å². The summed E-state index contributed by atoms with van der Waals surface area (Å²) >= 11 is 0. The topological polar surface area (TPSA) is 83.5 Å². The van der Waals surface area contributed by atoms with E-state index in [1.807, 2.05) is 6.92 Å². The highest BCUT2D eigenvalue weighted by molar-refractivity contribution is 7.86. The van der Waals surface area contributed by atoms with Gasteiger partial charge in [0.1, 0.15) is 5.25 Å². The van der Waals surface area contributed by atoms with Crippen molar-refractivity contribution in [2.75, 3.05) is 12.3 Å². The number of nitrogens with one attached hydrogen (secondary N) is 1. The summed E-state index contributed by atoms with van der Waals surface area (Å²) in [4.78, 5) is 21.7. The van der Waals surface area contributed by atoms with Crippen molar-refractivity contribution in [3.63, 3.8) is 0 Å². The van der Waals surface area contributed by atoms with Gasteiger partial charge in [0.25, 0.3) is 0 Å². The number of hydrogen-bond acceptors (Lipinski definition) is 3. The SMILES string of the molecule is CCCCNC(=O)C(C)S(=O)CCC(=O)O. The van der Waals surface area contributed by atoms with Crippen molar-refractivity contribution in [2.24, 2.45) is 0 Å². The van der Waals surface area contributed by atoms with Crippen molar-refractivity contribution in [1.82, 2.24) is 5.32 Å². The molecule has 1 amide bonds. The van der Waals surface area contributed by atoms with Crippen molar-refractivity contribution in [3.05, 3.63) is 0 Å². The summed E-state index contributed by atoms with van der Waals surface area (Å²) in [6.07, 6.45) is 1.70. The van der Waals surface area contributed by atoms with Gasteiger partial charge in [-0.05, 0) is 13.3 Å². The number of carbonyl (C=O) groups is 2. The molecule has 0 aromatic rings. The molecule has 0 saturated heterocycles. The first-order valence-corrected chi connectivity index (χ1v) is 6.74. The Balaban J connectivity index is 3.92. The zero-order valence-corrected chi connectivity index (χ0v) is 10.5. The molecule has 5 nitrogen and oxygen atoms in total. The molecule has 0 aromatic carbocycles. The molecule has 16 heavy (non-hydrogen) atoms. The molecule has 2 atom stereocenters. The first kappa shape index (κ1) is 15.1. The normalized spacial score (nSPS) is 14.1. The number of carbonyl (C=O) groups excluding carboxylic acids is 1. The van der Waals surface area contributed by atoms with Gasteiger partial charge >= 0.3 is 5.97 Å². The summed E-state index contributed by atoms with van der Waals surface area (Å²) < 4.78 is 11.5. The zero-order valence-electron chi connectivity index (χ0n) is 9.69. The van der Waals surface area contributed by atoms with Crippen LogP contribution in [0.15, 0.2) is 0 Å². The molecule has 0 aliphatic carbocycles. The van der Waals surface area contributed by atoms with Crippen molar-refractivity contribution in [1.29, 1.82) is 0 Å². The molecule has 0 rings (SSSR count). The van der Waals surface area contributed by atoms with Gasteiger partial charge in [0, 0.05) is 23.1 Å². The summed E-state index contributed by atoms with van der Waals surface area (Å²) in [5.74, 6) is -1.23. The van der Waals surface area contributed by atoms with E-state index in [1.54, 1.807) is 6.92 Å². The lowest BCUT2D eigenvalue weighted by atomic mass is 10.3. The average molecular weight is 249 g/mol. The second-order valence-electron chi connectivity index (χ2n) is 3.52. The van der Waals surface area contributed by atoms with Gasteiger partial charge in [-0.25, -0.2) is 0 Å². The van der Waals surface area contributed by atoms with Gasteiger partial charge in [0.15, 0.2) is 0 Å². The van der Waals surface area contributed by atoms with Crippen molar-refractivity contribution in [2.45, 2.75) is 38.4 Å². The van der Waals surface area contributed by atoms with Gasteiger partial charge < -0.3 is 10.4 Å². The summed E-state index contributed by atoms with van der Waals surface area (Å²) in [6, 6.07) is 0. The van der Waals surface area contributed by atoms with Gasteiger partial charge in [-0.1, -0.05) is 13.3 Å². The molecule has 0 bridgehead atoms. The summed E-state index contributed by atoms with van der Waals surface area (Å²) in [6.45, 7) is 4.15.